The summed E-state index contributed by atoms with van der Waals surface area (Å²) in [5.41, 5.74) is 1.99. The molecule has 3 rings (SSSR count). The highest BCUT2D eigenvalue weighted by Gasteiger charge is 2.34. The minimum Gasteiger partial charge on any atom is -0.338 e. The normalized spacial score (nSPS) is 23.5. The van der Waals surface area contributed by atoms with Crippen LogP contribution in [0.25, 0.3) is 11.4 Å². The van der Waals surface area contributed by atoms with Crippen LogP contribution in [0.2, 0.25) is 0 Å². The summed E-state index contributed by atoms with van der Waals surface area (Å²) in [6, 6.07) is 1.92. The van der Waals surface area contributed by atoms with Gasteiger partial charge < -0.3 is 9.84 Å². The van der Waals surface area contributed by atoms with Gasteiger partial charge in [0, 0.05) is 24.5 Å². The van der Waals surface area contributed by atoms with E-state index in [-0.39, 0.29) is 5.41 Å². The molecular weight excluding hydrogens is 240 g/mol. The average molecular weight is 258 g/mol. The molecule has 0 radical (unpaired) electrons. The van der Waals surface area contributed by atoms with Gasteiger partial charge in [-0.05, 0) is 44.9 Å². The Labute approximate surface area is 112 Å². The van der Waals surface area contributed by atoms with Crippen LogP contribution in [0.1, 0.15) is 31.2 Å². The minimum atomic E-state index is -0.0512. The number of nitrogens with zero attached hydrogens (tertiary/aromatic N) is 3. The molecule has 1 aliphatic heterocycles. The van der Waals surface area contributed by atoms with Crippen LogP contribution in [0.4, 0.5) is 0 Å². The molecule has 1 fully saturated rings. The first-order chi connectivity index (χ1) is 9.19. The molecule has 1 aliphatic rings. The van der Waals surface area contributed by atoms with Crippen LogP contribution in [0.5, 0.6) is 0 Å². The Morgan fingerprint density at radius 1 is 1.42 bits per heavy atom. The zero-order valence-electron chi connectivity index (χ0n) is 11.3. The van der Waals surface area contributed by atoms with Gasteiger partial charge in [0.25, 0.3) is 0 Å². The van der Waals surface area contributed by atoms with Gasteiger partial charge in [0.05, 0.1) is 5.41 Å². The number of aryl methyl sites for hydroxylation is 1. The summed E-state index contributed by atoms with van der Waals surface area (Å²) in [5.74, 6) is 1.38. The largest absolute Gasteiger partial charge is 0.338 e. The third-order valence-corrected chi connectivity index (χ3v) is 3.80. The highest BCUT2D eigenvalue weighted by molar-refractivity contribution is 5.58. The van der Waals surface area contributed by atoms with Crippen molar-refractivity contribution >= 4 is 0 Å². The summed E-state index contributed by atoms with van der Waals surface area (Å²) in [6.07, 6.45) is 5.79. The number of nitrogens with one attached hydrogen (secondary N) is 1. The molecule has 5 heteroatoms. The second kappa shape index (κ2) is 4.74. The number of hydrogen-bond acceptors (Lipinski definition) is 5. The Hall–Kier alpha value is -1.75. The average Bonchev–Trinajstić information content (AvgIpc) is 2.90. The molecule has 5 nitrogen and oxygen atoms in total. The molecule has 19 heavy (non-hydrogen) atoms. The summed E-state index contributed by atoms with van der Waals surface area (Å²) < 4.78 is 5.50. The van der Waals surface area contributed by atoms with Crippen molar-refractivity contribution in [1.82, 2.24) is 20.4 Å². The van der Waals surface area contributed by atoms with Crippen LogP contribution in [-0.2, 0) is 5.41 Å². The first kappa shape index (κ1) is 12.3. The van der Waals surface area contributed by atoms with Gasteiger partial charge in [0.1, 0.15) is 0 Å². The van der Waals surface area contributed by atoms with Gasteiger partial charge in [0.15, 0.2) is 0 Å². The lowest BCUT2D eigenvalue weighted by Gasteiger charge is -2.30. The van der Waals surface area contributed by atoms with Crippen molar-refractivity contribution in [3.8, 4) is 11.4 Å². The maximum absolute atomic E-state index is 5.50. The SMILES string of the molecule is Cc1cnccc1-c1noc(C2(C)CCCNC2)n1. The van der Waals surface area contributed by atoms with Crippen molar-refractivity contribution < 1.29 is 4.52 Å². The van der Waals surface area contributed by atoms with Crippen LogP contribution >= 0.6 is 0 Å². The van der Waals surface area contributed by atoms with Gasteiger partial charge in [-0.1, -0.05) is 5.16 Å². The van der Waals surface area contributed by atoms with Crippen LogP contribution < -0.4 is 5.32 Å². The fourth-order valence-corrected chi connectivity index (χ4v) is 2.54. The van der Waals surface area contributed by atoms with Crippen molar-refractivity contribution in [2.24, 2.45) is 0 Å². The van der Waals surface area contributed by atoms with Crippen molar-refractivity contribution in [3.05, 3.63) is 29.9 Å². The molecular formula is C14H18N4O. The Morgan fingerprint density at radius 3 is 3.05 bits per heavy atom. The predicted octanol–water partition coefficient (Wildman–Crippen LogP) is 2.08. The van der Waals surface area contributed by atoms with Crippen molar-refractivity contribution in [2.45, 2.75) is 32.1 Å². The fraction of sp³-hybridized carbons (Fsp3) is 0.500. The smallest absolute Gasteiger partial charge is 0.234 e. The quantitative estimate of drug-likeness (QED) is 0.893. The zero-order valence-corrected chi connectivity index (χ0v) is 11.3. The molecule has 0 aromatic carbocycles. The third kappa shape index (κ3) is 2.26. The predicted molar refractivity (Wildman–Crippen MR) is 71.7 cm³/mol. The number of piperidine rings is 1. The lowest BCUT2D eigenvalue weighted by atomic mass is 9.83. The number of pyridine rings is 1. The number of rotatable bonds is 2. The molecule has 3 heterocycles. The van der Waals surface area contributed by atoms with E-state index in [1.165, 1.54) is 0 Å². The lowest BCUT2D eigenvalue weighted by molar-refractivity contribution is 0.245. The van der Waals surface area contributed by atoms with Crippen molar-refractivity contribution in [1.29, 1.82) is 0 Å². The van der Waals surface area contributed by atoms with E-state index in [1.807, 2.05) is 19.2 Å². The molecule has 1 unspecified atom stereocenters. The van der Waals surface area contributed by atoms with E-state index in [9.17, 15) is 0 Å². The summed E-state index contributed by atoms with van der Waals surface area (Å²) in [4.78, 5) is 8.68. The molecule has 1 saturated heterocycles. The zero-order chi connectivity index (χ0) is 13.3. The van der Waals surface area contributed by atoms with Crippen LogP contribution in [-0.4, -0.2) is 28.2 Å². The van der Waals surface area contributed by atoms with Gasteiger partial charge in [-0.15, -0.1) is 0 Å². The molecule has 0 amide bonds. The second-order valence-corrected chi connectivity index (χ2v) is 5.45. The minimum absolute atomic E-state index is 0.0512. The molecule has 0 spiro atoms. The summed E-state index contributed by atoms with van der Waals surface area (Å²) in [6.45, 7) is 6.14. The van der Waals surface area contributed by atoms with Gasteiger partial charge in [-0.3, -0.25) is 4.98 Å². The van der Waals surface area contributed by atoms with Gasteiger partial charge in [0.2, 0.25) is 11.7 Å². The van der Waals surface area contributed by atoms with E-state index < -0.39 is 0 Å². The van der Waals surface area contributed by atoms with Gasteiger partial charge >= 0.3 is 0 Å². The Morgan fingerprint density at radius 2 is 2.32 bits per heavy atom. The standard InChI is InChI=1S/C14H18N4O/c1-10-8-15-7-4-11(10)12-17-13(19-18-12)14(2)5-3-6-16-9-14/h4,7-8,16H,3,5-6,9H2,1-2H3. The highest BCUT2D eigenvalue weighted by atomic mass is 16.5. The van der Waals surface area contributed by atoms with E-state index in [0.29, 0.717) is 5.82 Å². The fourth-order valence-electron chi connectivity index (χ4n) is 2.54. The van der Waals surface area contributed by atoms with E-state index >= 15 is 0 Å². The maximum Gasteiger partial charge on any atom is 0.234 e. The molecule has 0 saturated carbocycles. The van der Waals surface area contributed by atoms with E-state index in [2.05, 4.69) is 27.4 Å². The molecule has 2 aromatic heterocycles. The molecule has 0 bridgehead atoms. The monoisotopic (exact) mass is 258 g/mol. The topological polar surface area (TPSA) is 63.8 Å². The summed E-state index contributed by atoms with van der Waals surface area (Å²) in [5, 5.41) is 7.52. The number of hydrogen-bond donors (Lipinski definition) is 1. The summed E-state index contributed by atoms with van der Waals surface area (Å²) in [7, 11) is 0. The van der Waals surface area contributed by atoms with Crippen molar-refractivity contribution in [3.63, 3.8) is 0 Å². The summed E-state index contributed by atoms with van der Waals surface area (Å²) >= 11 is 0. The van der Waals surface area contributed by atoms with Crippen molar-refractivity contribution in [2.75, 3.05) is 13.1 Å². The first-order valence-corrected chi connectivity index (χ1v) is 6.65. The Kier molecular flexibility index (Phi) is 3.06. The highest BCUT2D eigenvalue weighted by Crippen LogP contribution is 2.31. The first-order valence-electron chi connectivity index (χ1n) is 6.65. The molecule has 1 N–H and O–H groups in total. The molecule has 0 aliphatic carbocycles. The molecule has 1 atom stereocenters. The second-order valence-electron chi connectivity index (χ2n) is 5.45. The van der Waals surface area contributed by atoms with E-state index in [4.69, 9.17) is 4.52 Å². The lowest BCUT2D eigenvalue weighted by Crippen LogP contribution is -2.41. The molecule has 100 valence electrons. The Balaban J connectivity index is 1.93. The van der Waals surface area contributed by atoms with Crippen LogP contribution in [0.3, 0.4) is 0 Å². The van der Waals surface area contributed by atoms with Crippen LogP contribution in [0, 0.1) is 6.92 Å². The van der Waals surface area contributed by atoms with E-state index in [1.54, 1.807) is 6.20 Å². The van der Waals surface area contributed by atoms with Gasteiger partial charge in [-0.25, -0.2) is 0 Å². The third-order valence-electron chi connectivity index (χ3n) is 3.80. The van der Waals surface area contributed by atoms with Crippen LogP contribution in [0.15, 0.2) is 23.0 Å². The maximum atomic E-state index is 5.50. The van der Waals surface area contributed by atoms with Gasteiger partial charge in [-0.2, -0.15) is 4.98 Å². The number of aromatic nitrogens is 3. The van der Waals surface area contributed by atoms with E-state index in [0.717, 1.165) is 42.9 Å². The molecule has 2 aromatic rings. The Bertz CT molecular complexity index is 572.